The Morgan fingerprint density at radius 1 is 1.07 bits per heavy atom. The van der Waals surface area contributed by atoms with E-state index in [1.54, 1.807) is 20.2 Å². The van der Waals surface area contributed by atoms with E-state index in [0.717, 1.165) is 6.07 Å². The van der Waals surface area contributed by atoms with Crippen LogP contribution in [0.5, 0.6) is 0 Å². The van der Waals surface area contributed by atoms with Gasteiger partial charge in [-0.2, -0.15) is 0 Å². The Morgan fingerprint density at radius 2 is 1.57 bits per heavy atom. The third-order valence-corrected chi connectivity index (χ3v) is 1.77. The number of hydrogen-bond acceptors (Lipinski definition) is 1. The number of benzene rings is 1. The summed E-state index contributed by atoms with van der Waals surface area (Å²) in [5, 5.41) is 0. The molecule has 0 spiro atoms. The molecular formula is C8H10BF3KN. The fourth-order valence-corrected chi connectivity index (χ4v) is 1.17. The van der Waals surface area contributed by atoms with E-state index < -0.39 is 12.4 Å². The normalized spacial score (nSPS) is 10.6. The van der Waals surface area contributed by atoms with Gasteiger partial charge in [0.15, 0.2) is 0 Å². The van der Waals surface area contributed by atoms with Crippen LogP contribution in [0.25, 0.3) is 0 Å². The van der Waals surface area contributed by atoms with E-state index in [9.17, 15) is 12.9 Å². The smallest absolute Gasteiger partial charge is 0.445 e. The molecule has 0 saturated carbocycles. The van der Waals surface area contributed by atoms with Gasteiger partial charge in [0, 0.05) is 19.8 Å². The van der Waals surface area contributed by atoms with Crippen LogP contribution in [-0.4, -0.2) is 21.1 Å². The monoisotopic (exact) mass is 227 g/mol. The number of anilines is 1. The molecule has 0 saturated heterocycles. The second-order valence-corrected chi connectivity index (χ2v) is 3.03. The Hall–Kier alpha value is 0.511. The minimum atomic E-state index is -4.91. The summed E-state index contributed by atoms with van der Waals surface area (Å²) >= 11 is 0. The van der Waals surface area contributed by atoms with Gasteiger partial charge in [-0.15, -0.1) is 0 Å². The van der Waals surface area contributed by atoms with Crippen molar-refractivity contribution >= 4 is 18.1 Å². The molecule has 6 heteroatoms. The number of nitrogens with zero attached hydrogens (tertiary/aromatic N) is 1. The maximum absolute atomic E-state index is 12.4. The molecule has 0 unspecified atom stereocenters. The molecule has 1 aromatic rings. The largest absolute Gasteiger partial charge is 1.00 e. The topological polar surface area (TPSA) is 3.24 Å². The van der Waals surface area contributed by atoms with Crippen LogP contribution in [0, 0.1) is 0 Å². The van der Waals surface area contributed by atoms with E-state index >= 15 is 0 Å². The standard InChI is InChI=1S/C8H10BF3N.K/c1-13(2)8-6-4-3-5-7(8)9(10,11)12;/h3-6H,1-2H3;/q-1;+1. The first-order chi connectivity index (χ1) is 5.93. The SMILES string of the molecule is CN(C)c1ccccc1[B-](F)(F)F.[K+]. The van der Waals surface area contributed by atoms with Crippen LogP contribution in [0.3, 0.4) is 0 Å². The minimum absolute atomic E-state index is 0. The maximum atomic E-state index is 12.4. The van der Waals surface area contributed by atoms with Crippen LogP contribution in [0.2, 0.25) is 0 Å². The van der Waals surface area contributed by atoms with Crippen molar-refractivity contribution in [2.75, 3.05) is 19.0 Å². The Balaban J connectivity index is 0.00000169. The molecule has 1 rings (SSSR count). The van der Waals surface area contributed by atoms with Gasteiger partial charge in [0.2, 0.25) is 0 Å². The van der Waals surface area contributed by atoms with Crippen molar-refractivity contribution in [3.8, 4) is 0 Å². The number of hydrogen-bond donors (Lipinski definition) is 0. The molecule has 1 nitrogen and oxygen atoms in total. The second kappa shape index (κ2) is 5.56. The summed E-state index contributed by atoms with van der Waals surface area (Å²) in [6.07, 6.45) is 0. The molecule has 0 bridgehead atoms. The Bertz CT molecular complexity index is 301. The number of rotatable bonds is 2. The predicted octanol–water partition coefficient (Wildman–Crippen LogP) is -1.19. The van der Waals surface area contributed by atoms with Crippen molar-refractivity contribution in [1.29, 1.82) is 0 Å². The third-order valence-electron chi connectivity index (χ3n) is 1.77. The zero-order valence-electron chi connectivity index (χ0n) is 8.47. The summed E-state index contributed by atoms with van der Waals surface area (Å²) < 4.78 is 37.3. The van der Waals surface area contributed by atoms with E-state index in [2.05, 4.69) is 0 Å². The third kappa shape index (κ3) is 3.58. The van der Waals surface area contributed by atoms with Gasteiger partial charge in [-0.1, -0.05) is 23.7 Å². The van der Waals surface area contributed by atoms with Gasteiger partial charge in [-0.25, -0.2) is 0 Å². The van der Waals surface area contributed by atoms with E-state index in [1.807, 2.05) is 0 Å². The van der Waals surface area contributed by atoms with Gasteiger partial charge in [-0.3, -0.25) is 0 Å². The summed E-state index contributed by atoms with van der Waals surface area (Å²) in [6, 6.07) is 5.57. The van der Waals surface area contributed by atoms with Gasteiger partial charge in [0.1, 0.15) is 0 Å². The van der Waals surface area contributed by atoms with Gasteiger partial charge in [-0.05, 0) is 6.07 Å². The molecule has 0 atom stereocenters. The predicted molar refractivity (Wildman–Crippen MR) is 49.5 cm³/mol. The molecule has 0 aliphatic rings. The Kier molecular flexibility index (Phi) is 5.76. The fraction of sp³-hybridized carbons (Fsp3) is 0.250. The first-order valence-corrected chi connectivity index (χ1v) is 3.89. The summed E-state index contributed by atoms with van der Waals surface area (Å²) in [5.74, 6) is 0. The summed E-state index contributed by atoms with van der Waals surface area (Å²) in [5.41, 5.74) is -0.317. The molecule has 0 heterocycles. The molecule has 0 amide bonds. The van der Waals surface area contributed by atoms with Gasteiger partial charge in [0.25, 0.3) is 0 Å². The average Bonchev–Trinajstić information content (AvgIpc) is 2.03. The van der Waals surface area contributed by atoms with E-state index in [4.69, 9.17) is 0 Å². The molecule has 72 valence electrons. The van der Waals surface area contributed by atoms with E-state index in [-0.39, 0.29) is 57.1 Å². The minimum Gasteiger partial charge on any atom is -0.445 e. The Labute approximate surface area is 124 Å². The van der Waals surface area contributed by atoms with E-state index in [1.165, 1.54) is 17.0 Å². The molecule has 0 aromatic heterocycles. The number of para-hydroxylation sites is 1. The molecule has 0 aliphatic carbocycles. The quantitative estimate of drug-likeness (QED) is 0.574. The molecule has 0 fully saturated rings. The van der Waals surface area contributed by atoms with Crippen LogP contribution in [-0.2, 0) is 0 Å². The zero-order chi connectivity index (χ0) is 10.1. The summed E-state index contributed by atoms with van der Waals surface area (Å²) in [7, 11) is 3.20. The van der Waals surface area contributed by atoms with E-state index in [0.29, 0.717) is 0 Å². The maximum Gasteiger partial charge on any atom is 1.00 e. The molecule has 0 radical (unpaired) electrons. The van der Waals surface area contributed by atoms with Gasteiger partial charge < -0.3 is 17.8 Å². The average molecular weight is 227 g/mol. The van der Waals surface area contributed by atoms with Crippen LogP contribution in [0.1, 0.15) is 0 Å². The fourth-order valence-electron chi connectivity index (χ4n) is 1.17. The van der Waals surface area contributed by atoms with Gasteiger partial charge in [0.05, 0.1) is 0 Å². The van der Waals surface area contributed by atoms with Crippen molar-refractivity contribution in [3.05, 3.63) is 24.3 Å². The van der Waals surface area contributed by atoms with Crippen LogP contribution >= 0.6 is 0 Å². The van der Waals surface area contributed by atoms with Crippen molar-refractivity contribution in [1.82, 2.24) is 0 Å². The molecule has 14 heavy (non-hydrogen) atoms. The number of halogens is 3. The van der Waals surface area contributed by atoms with Crippen molar-refractivity contribution in [3.63, 3.8) is 0 Å². The van der Waals surface area contributed by atoms with Gasteiger partial charge >= 0.3 is 58.4 Å². The second-order valence-electron chi connectivity index (χ2n) is 3.03. The van der Waals surface area contributed by atoms with Crippen molar-refractivity contribution in [2.45, 2.75) is 0 Å². The zero-order valence-corrected chi connectivity index (χ0v) is 11.6. The van der Waals surface area contributed by atoms with Crippen molar-refractivity contribution in [2.24, 2.45) is 0 Å². The molecule has 0 aliphatic heterocycles. The molecule has 0 N–H and O–H groups in total. The van der Waals surface area contributed by atoms with Crippen LogP contribution < -0.4 is 61.7 Å². The first-order valence-electron chi connectivity index (χ1n) is 3.89. The summed E-state index contributed by atoms with van der Waals surface area (Å²) in [6.45, 7) is -4.91. The van der Waals surface area contributed by atoms with Crippen LogP contribution in [0.4, 0.5) is 18.6 Å². The molecular weight excluding hydrogens is 217 g/mol. The molecule has 1 aromatic carbocycles. The summed E-state index contributed by atoms with van der Waals surface area (Å²) in [4.78, 5) is 1.46. The van der Waals surface area contributed by atoms with Crippen molar-refractivity contribution < 1.29 is 64.3 Å². The Morgan fingerprint density at radius 3 is 1.93 bits per heavy atom. The first kappa shape index (κ1) is 14.5. The van der Waals surface area contributed by atoms with Crippen LogP contribution in [0.15, 0.2) is 24.3 Å².